The van der Waals surface area contributed by atoms with Crippen LogP contribution in [0.1, 0.15) is 39.2 Å². The molecule has 12 heteroatoms. The first-order chi connectivity index (χ1) is 17.7. The predicted molar refractivity (Wildman–Crippen MR) is 126 cm³/mol. The lowest BCUT2D eigenvalue weighted by Crippen LogP contribution is -2.36. The summed E-state index contributed by atoms with van der Waals surface area (Å²) in [6.07, 6.45) is -8.99. The Labute approximate surface area is 212 Å². The molecule has 0 bridgehead atoms. The van der Waals surface area contributed by atoms with E-state index in [-0.39, 0.29) is 11.8 Å². The highest BCUT2D eigenvalue weighted by molar-refractivity contribution is 6.03. The largest absolute Gasteiger partial charge is 0.416 e. The SMILES string of the molecule is CN(Cc1cc(C(F)(F)F)cc(C(F)(F)F)c1)C(=O)c1c(-c2ccc(F)cc2)c2c(c(=O)n1C)CCCN2. The van der Waals surface area contributed by atoms with Crippen LogP contribution in [-0.2, 0) is 32.4 Å². The zero-order chi connectivity index (χ0) is 28.0. The van der Waals surface area contributed by atoms with Crippen LogP contribution in [0.2, 0.25) is 0 Å². The van der Waals surface area contributed by atoms with E-state index in [1.54, 1.807) is 0 Å². The Hall–Kier alpha value is -3.83. The second-order valence-corrected chi connectivity index (χ2v) is 9.05. The summed E-state index contributed by atoms with van der Waals surface area (Å²) < 4.78 is 94.6. The van der Waals surface area contributed by atoms with Crippen molar-refractivity contribution in [3.8, 4) is 11.1 Å². The van der Waals surface area contributed by atoms with E-state index < -0.39 is 52.9 Å². The first kappa shape index (κ1) is 27.2. The lowest BCUT2D eigenvalue weighted by atomic mass is 9.94. The van der Waals surface area contributed by atoms with Gasteiger partial charge in [-0.15, -0.1) is 0 Å². The Bertz CT molecular complexity index is 1410. The Morgan fingerprint density at radius 2 is 1.58 bits per heavy atom. The molecule has 0 saturated heterocycles. The van der Waals surface area contributed by atoms with Crippen molar-refractivity contribution in [2.45, 2.75) is 31.7 Å². The molecule has 3 aromatic rings. The van der Waals surface area contributed by atoms with Gasteiger partial charge in [0.05, 0.1) is 16.8 Å². The molecular weight excluding hydrogens is 519 g/mol. The molecule has 0 aliphatic carbocycles. The summed E-state index contributed by atoms with van der Waals surface area (Å²) in [5.74, 6) is -1.35. The summed E-state index contributed by atoms with van der Waals surface area (Å²) in [7, 11) is 2.57. The maximum atomic E-state index is 13.7. The summed E-state index contributed by atoms with van der Waals surface area (Å²) >= 11 is 0. The molecule has 0 spiro atoms. The molecule has 0 atom stereocenters. The van der Waals surface area contributed by atoms with Gasteiger partial charge in [0.1, 0.15) is 11.5 Å². The van der Waals surface area contributed by atoms with E-state index in [1.165, 1.54) is 38.4 Å². The van der Waals surface area contributed by atoms with Gasteiger partial charge < -0.3 is 14.8 Å². The van der Waals surface area contributed by atoms with E-state index >= 15 is 0 Å². The van der Waals surface area contributed by atoms with Crippen LogP contribution in [0.15, 0.2) is 47.3 Å². The summed E-state index contributed by atoms with van der Waals surface area (Å²) in [6.45, 7) is -0.102. The van der Waals surface area contributed by atoms with Crippen LogP contribution >= 0.6 is 0 Å². The highest BCUT2D eigenvalue weighted by Gasteiger charge is 2.37. The third kappa shape index (κ3) is 5.25. The molecule has 4 rings (SSSR count). The van der Waals surface area contributed by atoms with E-state index in [2.05, 4.69) is 5.32 Å². The molecule has 0 saturated carbocycles. The normalized spacial score (nSPS) is 13.6. The first-order valence-corrected chi connectivity index (χ1v) is 11.5. The number of carbonyl (C=O) groups is 1. The van der Waals surface area contributed by atoms with Gasteiger partial charge >= 0.3 is 12.4 Å². The van der Waals surface area contributed by atoms with Gasteiger partial charge in [0, 0.05) is 38.3 Å². The number of pyridine rings is 1. The van der Waals surface area contributed by atoms with Crippen molar-refractivity contribution in [3.63, 3.8) is 0 Å². The molecule has 5 nitrogen and oxygen atoms in total. The highest BCUT2D eigenvalue weighted by atomic mass is 19.4. The molecule has 0 unspecified atom stereocenters. The number of fused-ring (bicyclic) bond motifs is 1. The average molecular weight is 541 g/mol. The topological polar surface area (TPSA) is 54.3 Å². The van der Waals surface area contributed by atoms with Crippen LogP contribution in [0.25, 0.3) is 11.1 Å². The zero-order valence-corrected chi connectivity index (χ0v) is 20.2. The molecule has 202 valence electrons. The fourth-order valence-corrected chi connectivity index (χ4v) is 4.54. The number of nitrogens with zero attached hydrogens (tertiary/aromatic N) is 2. The van der Waals surface area contributed by atoms with Crippen molar-refractivity contribution in [2.24, 2.45) is 7.05 Å². The quantitative estimate of drug-likeness (QED) is 0.421. The maximum absolute atomic E-state index is 13.7. The van der Waals surface area contributed by atoms with Crippen molar-refractivity contribution in [1.29, 1.82) is 0 Å². The molecule has 2 heterocycles. The van der Waals surface area contributed by atoms with Gasteiger partial charge in [-0.05, 0) is 54.3 Å². The summed E-state index contributed by atoms with van der Waals surface area (Å²) in [4.78, 5) is 27.7. The van der Waals surface area contributed by atoms with Crippen LogP contribution in [0.3, 0.4) is 0 Å². The smallest absolute Gasteiger partial charge is 0.384 e. The fraction of sp³-hybridized carbons (Fsp3) is 0.308. The summed E-state index contributed by atoms with van der Waals surface area (Å²) in [5.41, 5.74) is -2.49. The number of halogens is 7. The lowest BCUT2D eigenvalue weighted by molar-refractivity contribution is -0.143. The number of aromatic nitrogens is 1. The van der Waals surface area contributed by atoms with Gasteiger partial charge in [-0.1, -0.05) is 12.1 Å². The second kappa shape index (κ2) is 9.80. The Kier molecular flexibility index (Phi) is 7.02. The molecule has 1 aromatic heterocycles. The maximum Gasteiger partial charge on any atom is 0.416 e. The van der Waals surface area contributed by atoms with E-state index in [0.717, 1.165) is 9.47 Å². The van der Waals surface area contributed by atoms with E-state index in [4.69, 9.17) is 0 Å². The monoisotopic (exact) mass is 541 g/mol. The van der Waals surface area contributed by atoms with Crippen molar-refractivity contribution in [1.82, 2.24) is 9.47 Å². The summed E-state index contributed by atoms with van der Waals surface area (Å²) in [6, 6.07) is 6.30. The molecule has 2 aromatic carbocycles. The number of nitrogens with one attached hydrogen (secondary N) is 1. The van der Waals surface area contributed by atoms with Gasteiger partial charge in [0.15, 0.2) is 0 Å². The van der Waals surface area contributed by atoms with Gasteiger partial charge in [0.25, 0.3) is 11.5 Å². The number of anilines is 1. The summed E-state index contributed by atoms with van der Waals surface area (Å²) in [5, 5.41) is 3.12. The van der Waals surface area contributed by atoms with Crippen molar-refractivity contribution in [3.05, 3.63) is 86.6 Å². The van der Waals surface area contributed by atoms with E-state index in [9.17, 15) is 40.3 Å². The number of rotatable bonds is 4. The number of amides is 1. The molecule has 0 fully saturated rings. The van der Waals surface area contributed by atoms with Crippen molar-refractivity contribution >= 4 is 11.6 Å². The number of benzene rings is 2. The van der Waals surface area contributed by atoms with E-state index in [0.29, 0.717) is 53.9 Å². The van der Waals surface area contributed by atoms with Gasteiger partial charge in [-0.2, -0.15) is 26.3 Å². The van der Waals surface area contributed by atoms with Crippen molar-refractivity contribution in [2.75, 3.05) is 18.9 Å². The minimum absolute atomic E-state index is 0.0107. The molecule has 1 N–H and O–H groups in total. The third-order valence-electron chi connectivity index (χ3n) is 6.34. The Balaban J connectivity index is 1.83. The van der Waals surface area contributed by atoms with Crippen LogP contribution in [-0.4, -0.2) is 29.0 Å². The minimum atomic E-state index is -5.04. The molecule has 1 aliphatic rings. The van der Waals surface area contributed by atoms with Crippen LogP contribution < -0.4 is 10.9 Å². The first-order valence-electron chi connectivity index (χ1n) is 11.5. The second-order valence-electron chi connectivity index (χ2n) is 9.05. The average Bonchev–Trinajstić information content (AvgIpc) is 2.85. The van der Waals surface area contributed by atoms with Crippen LogP contribution in [0.5, 0.6) is 0 Å². The standard InChI is InChI=1S/C26H22F7N3O2/c1-35(13-14-10-16(25(28,29)30)12-17(11-14)26(31,32)33)24(38)22-20(15-5-7-18(27)8-6-15)21-19(4-3-9-34-21)23(37)36(22)2/h5-8,10-12,34H,3-4,9,13H2,1-2H3. The molecule has 1 aliphatic heterocycles. The number of hydrogen-bond donors (Lipinski definition) is 1. The lowest BCUT2D eigenvalue weighted by Gasteiger charge is -2.27. The molecule has 0 radical (unpaired) electrons. The molecular formula is C26H22F7N3O2. The van der Waals surface area contributed by atoms with Gasteiger partial charge in [-0.25, -0.2) is 4.39 Å². The molecule has 1 amide bonds. The number of alkyl halides is 6. The highest BCUT2D eigenvalue weighted by Crippen LogP contribution is 2.38. The number of carbonyl (C=O) groups excluding carboxylic acids is 1. The van der Waals surface area contributed by atoms with Gasteiger partial charge in [0.2, 0.25) is 0 Å². The van der Waals surface area contributed by atoms with Gasteiger partial charge in [-0.3, -0.25) is 9.59 Å². The van der Waals surface area contributed by atoms with Crippen LogP contribution in [0.4, 0.5) is 36.4 Å². The zero-order valence-electron chi connectivity index (χ0n) is 20.2. The Morgan fingerprint density at radius 1 is 1.00 bits per heavy atom. The van der Waals surface area contributed by atoms with Crippen LogP contribution in [0, 0.1) is 5.82 Å². The molecule has 38 heavy (non-hydrogen) atoms. The minimum Gasteiger partial charge on any atom is -0.384 e. The van der Waals surface area contributed by atoms with Crippen molar-refractivity contribution < 1.29 is 35.5 Å². The third-order valence-corrected chi connectivity index (χ3v) is 6.34. The Morgan fingerprint density at radius 3 is 2.13 bits per heavy atom. The number of hydrogen-bond acceptors (Lipinski definition) is 3. The predicted octanol–water partition coefficient (Wildman–Crippen LogP) is 5.86. The van der Waals surface area contributed by atoms with E-state index in [1.807, 2.05) is 0 Å². The fourth-order valence-electron chi connectivity index (χ4n) is 4.54.